The molecule has 2 aromatic rings. The van der Waals surface area contributed by atoms with Gasteiger partial charge in [-0.1, -0.05) is 52.7 Å². The maximum Gasteiger partial charge on any atom is 0.329 e. The number of carbonyl (C=O) groups is 2. The molecule has 8 heteroatoms. The molecule has 1 amide bonds. The van der Waals surface area contributed by atoms with E-state index in [4.69, 9.17) is 0 Å². The van der Waals surface area contributed by atoms with Crippen molar-refractivity contribution in [1.29, 1.82) is 0 Å². The van der Waals surface area contributed by atoms with Gasteiger partial charge in [0.15, 0.2) is 0 Å². The zero-order valence-electron chi connectivity index (χ0n) is 16.5. The summed E-state index contributed by atoms with van der Waals surface area (Å²) < 4.78 is 0.884. The molecule has 0 spiro atoms. The summed E-state index contributed by atoms with van der Waals surface area (Å²) in [5.74, 6) is -2.82. The lowest BCUT2D eigenvalue weighted by molar-refractivity contribution is -0.309. The molecule has 28 heavy (non-hydrogen) atoms. The molecule has 2 N–H and O–H groups in total. The summed E-state index contributed by atoms with van der Waals surface area (Å²) in [5.41, 5.74) is -0.921. The van der Waals surface area contributed by atoms with Crippen LogP contribution in [0.2, 0.25) is 0 Å². The Kier molecular flexibility index (Phi) is 6.77. The molecule has 0 aliphatic heterocycles. The van der Waals surface area contributed by atoms with E-state index in [1.54, 1.807) is 45.0 Å². The Hall–Kier alpha value is -2.90. The van der Waals surface area contributed by atoms with Gasteiger partial charge in [0.05, 0.1) is 22.9 Å². The fourth-order valence-electron chi connectivity index (χ4n) is 3.19. The molecule has 0 saturated heterocycles. The number of benzene rings is 1. The highest BCUT2D eigenvalue weighted by molar-refractivity contribution is 5.86. The monoisotopic (exact) mass is 388 g/mol. The molecule has 1 heterocycles. The molecule has 0 fully saturated rings. The van der Waals surface area contributed by atoms with Crippen molar-refractivity contribution in [3.05, 3.63) is 45.1 Å². The van der Waals surface area contributed by atoms with Gasteiger partial charge >= 0.3 is 5.69 Å². The maximum atomic E-state index is 13.0. The minimum atomic E-state index is -1.40. The summed E-state index contributed by atoms with van der Waals surface area (Å²) in [6, 6.07) is 4.18. The number of hydrogen-bond acceptors (Lipinski definition) is 5. The predicted octanol–water partition coefficient (Wildman–Crippen LogP) is 0.558. The van der Waals surface area contributed by atoms with Gasteiger partial charge in [-0.2, -0.15) is 0 Å². The average Bonchev–Trinajstić information content (AvgIpc) is 2.67. The van der Waals surface area contributed by atoms with Crippen molar-refractivity contribution in [2.75, 3.05) is 0 Å². The second kappa shape index (κ2) is 8.86. The summed E-state index contributed by atoms with van der Waals surface area (Å²) in [6.45, 7) is 7.06. The first-order valence-corrected chi connectivity index (χ1v) is 9.47. The van der Waals surface area contributed by atoms with Crippen molar-refractivity contribution in [2.45, 2.75) is 52.6 Å². The van der Waals surface area contributed by atoms with Crippen molar-refractivity contribution in [3.63, 3.8) is 0 Å². The molecule has 152 valence electrons. The van der Waals surface area contributed by atoms with Crippen molar-refractivity contribution < 1.29 is 14.7 Å². The van der Waals surface area contributed by atoms with Gasteiger partial charge in [-0.05, 0) is 24.0 Å². The lowest BCUT2D eigenvalue weighted by Crippen LogP contribution is -2.55. The second-order valence-electron chi connectivity index (χ2n) is 7.17. The predicted molar refractivity (Wildman–Crippen MR) is 104 cm³/mol. The highest BCUT2D eigenvalue weighted by Gasteiger charge is 2.32. The van der Waals surface area contributed by atoms with E-state index in [9.17, 15) is 24.3 Å². The van der Waals surface area contributed by atoms with Crippen LogP contribution in [0.4, 0.5) is 0 Å². The lowest BCUT2D eigenvalue weighted by atomic mass is 9.95. The smallest absolute Gasteiger partial charge is 0.329 e. The van der Waals surface area contributed by atoms with Gasteiger partial charge in [0.25, 0.3) is 5.56 Å². The SMILES string of the molecule is CC[C@@H](C)[C@H](NC(=O)[C@H]([C@@H](C)CC)n1c(=O)[nH]c2ccccc2c1=O)C(=O)[O-]. The Balaban J connectivity index is 2.57. The molecule has 0 aliphatic carbocycles. The number of hydrogen-bond donors (Lipinski definition) is 2. The number of aliphatic carboxylic acids is 1. The molecule has 0 saturated carbocycles. The zero-order chi connectivity index (χ0) is 21.0. The highest BCUT2D eigenvalue weighted by atomic mass is 16.4. The van der Waals surface area contributed by atoms with E-state index in [0.29, 0.717) is 18.4 Å². The zero-order valence-corrected chi connectivity index (χ0v) is 16.5. The Labute approximate surface area is 162 Å². The van der Waals surface area contributed by atoms with E-state index < -0.39 is 35.2 Å². The van der Waals surface area contributed by atoms with E-state index in [0.717, 1.165) is 4.57 Å². The molecular formula is C20H26N3O5-. The Morgan fingerprint density at radius 2 is 1.71 bits per heavy atom. The number of carboxylic acids is 1. The number of rotatable bonds is 8. The number of carboxylic acid groups (broad SMARTS) is 1. The molecule has 0 bridgehead atoms. The van der Waals surface area contributed by atoms with Crippen LogP contribution in [0, 0.1) is 11.8 Å². The number of aromatic nitrogens is 2. The van der Waals surface area contributed by atoms with E-state index in [-0.39, 0.29) is 17.2 Å². The third-order valence-corrected chi connectivity index (χ3v) is 5.33. The number of H-pyrrole nitrogens is 1. The molecule has 8 nitrogen and oxygen atoms in total. The largest absolute Gasteiger partial charge is 0.548 e. The first-order valence-electron chi connectivity index (χ1n) is 9.47. The number of fused-ring (bicyclic) bond motifs is 1. The normalized spacial score (nSPS) is 15.6. The van der Waals surface area contributed by atoms with Crippen LogP contribution in [-0.4, -0.2) is 27.5 Å². The van der Waals surface area contributed by atoms with E-state index >= 15 is 0 Å². The highest BCUT2D eigenvalue weighted by Crippen LogP contribution is 2.20. The second-order valence-corrected chi connectivity index (χ2v) is 7.17. The molecule has 4 atom stereocenters. The molecule has 0 aliphatic rings. The standard InChI is InChI=1S/C20H27N3O5/c1-5-11(3)15(19(26)27)22-17(24)16(12(4)6-2)23-18(25)13-9-7-8-10-14(13)21-20(23)28/h7-12,15-16H,5-6H2,1-4H3,(H,21,28)(H,22,24)(H,26,27)/p-1/t11-,12+,15+,16+/m1/s1. The fraction of sp³-hybridized carbons (Fsp3) is 0.500. The Morgan fingerprint density at radius 1 is 1.11 bits per heavy atom. The van der Waals surface area contributed by atoms with Gasteiger partial charge in [-0.25, -0.2) is 9.36 Å². The summed E-state index contributed by atoms with van der Waals surface area (Å²) in [6.07, 6.45) is 1.03. The molecule has 0 radical (unpaired) electrons. The number of para-hydroxylation sites is 1. The molecular weight excluding hydrogens is 362 g/mol. The number of nitrogens with one attached hydrogen (secondary N) is 2. The van der Waals surface area contributed by atoms with Gasteiger partial charge in [-0.3, -0.25) is 9.59 Å². The van der Waals surface area contributed by atoms with Gasteiger partial charge in [0.1, 0.15) is 6.04 Å². The van der Waals surface area contributed by atoms with Crippen LogP contribution in [0.1, 0.15) is 46.6 Å². The van der Waals surface area contributed by atoms with Crippen molar-refractivity contribution in [2.24, 2.45) is 11.8 Å². The van der Waals surface area contributed by atoms with Gasteiger partial charge in [-0.15, -0.1) is 0 Å². The summed E-state index contributed by atoms with van der Waals surface area (Å²) in [4.78, 5) is 52.7. The third-order valence-electron chi connectivity index (χ3n) is 5.33. The first-order chi connectivity index (χ1) is 13.2. The van der Waals surface area contributed by atoms with Crippen LogP contribution in [0.25, 0.3) is 10.9 Å². The fourth-order valence-corrected chi connectivity index (χ4v) is 3.19. The van der Waals surface area contributed by atoms with Crippen LogP contribution < -0.4 is 21.7 Å². The van der Waals surface area contributed by atoms with Gasteiger partial charge < -0.3 is 20.2 Å². The Morgan fingerprint density at radius 3 is 2.29 bits per heavy atom. The quantitative estimate of drug-likeness (QED) is 0.684. The molecule has 1 aromatic carbocycles. The van der Waals surface area contributed by atoms with Crippen molar-refractivity contribution in [1.82, 2.24) is 14.9 Å². The van der Waals surface area contributed by atoms with Crippen molar-refractivity contribution >= 4 is 22.8 Å². The first kappa shape index (κ1) is 21.4. The number of amides is 1. The van der Waals surface area contributed by atoms with E-state index in [1.165, 1.54) is 0 Å². The summed E-state index contributed by atoms with van der Waals surface area (Å²) in [7, 11) is 0. The van der Waals surface area contributed by atoms with Gasteiger partial charge in [0, 0.05) is 0 Å². The number of carbonyl (C=O) groups excluding carboxylic acids is 2. The number of nitrogens with zero attached hydrogens (tertiary/aromatic N) is 1. The van der Waals surface area contributed by atoms with Crippen LogP contribution in [0.15, 0.2) is 33.9 Å². The van der Waals surface area contributed by atoms with Crippen molar-refractivity contribution in [3.8, 4) is 0 Å². The number of aromatic amines is 1. The molecule has 1 aromatic heterocycles. The van der Waals surface area contributed by atoms with Crippen LogP contribution in [-0.2, 0) is 9.59 Å². The lowest BCUT2D eigenvalue weighted by Gasteiger charge is -2.30. The maximum absolute atomic E-state index is 13.0. The van der Waals surface area contributed by atoms with Crippen LogP contribution in [0.3, 0.4) is 0 Å². The van der Waals surface area contributed by atoms with Crippen LogP contribution in [0.5, 0.6) is 0 Å². The summed E-state index contributed by atoms with van der Waals surface area (Å²) in [5, 5.41) is 14.2. The van der Waals surface area contributed by atoms with E-state index in [2.05, 4.69) is 10.3 Å². The van der Waals surface area contributed by atoms with Crippen LogP contribution >= 0.6 is 0 Å². The average molecular weight is 388 g/mol. The molecule has 0 unspecified atom stereocenters. The minimum Gasteiger partial charge on any atom is -0.548 e. The topological polar surface area (TPSA) is 124 Å². The summed E-state index contributed by atoms with van der Waals surface area (Å²) >= 11 is 0. The minimum absolute atomic E-state index is 0.279. The third kappa shape index (κ3) is 4.16. The van der Waals surface area contributed by atoms with E-state index in [1.807, 2.05) is 6.92 Å². The Bertz CT molecular complexity index is 978. The van der Waals surface area contributed by atoms with Gasteiger partial charge in [0.2, 0.25) is 5.91 Å². The molecule has 2 rings (SSSR count).